The van der Waals surface area contributed by atoms with Gasteiger partial charge >= 0.3 is 0 Å². The number of piperidine rings is 1. The van der Waals surface area contributed by atoms with Crippen LogP contribution in [0.2, 0.25) is 0 Å². The van der Waals surface area contributed by atoms with E-state index in [2.05, 4.69) is 21.3 Å². The van der Waals surface area contributed by atoms with Crippen LogP contribution in [-0.2, 0) is 11.2 Å². The third kappa shape index (κ3) is 5.07. The van der Waals surface area contributed by atoms with Crippen LogP contribution in [0.4, 0.5) is 0 Å². The number of nitrogens with zero attached hydrogens (tertiary/aromatic N) is 2. The molecule has 1 saturated heterocycles. The molecule has 2 aromatic rings. The fraction of sp³-hybridized carbons (Fsp3) is 0.478. The van der Waals surface area contributed by atoms with Crippen LogP contribution < -0.4 is 14.8 Å². The lowest BCUT2D eigenvalue weighted by molar-refractivity contribution is -0.127. The van der Waals surface area contributed by atoms with Crippen LogP contribution in [0.1, 0.15) is 37.1 Å². The number of nitrogens with one attached hydrogen (secondary N) is 1. The summed E-state index contributed by atoms with van der Waals surface area (Å²) >= 11 is 0. The molecule has 154 valence electrons. The monoisotopic (exact) mass is 395 g/mol. The third-order valence-corrected chi connectivity index (χ3v) is 5.79. The van der Waals surface area contributed by atoms with Crippen LogP contribution in [0.25, 0.3) is 0 Å². The van der Waals surface area contributed by atoms with E-state index in [0.29, 0.717) is 13.2 Å². The summed E-state index contributed by atoms with van der Waals surface area (Å²) in [6, 6.07) is 11.9. The molecule has 0 bridgehead atoms. The maximum atomic E-state index is 12.8. The summed E-state index contributed by atoms with van der Waals surface area (Å²) in [5.41, 5.74) is 2.16. The highest BCUT2D eigenvalue weighted by Crippen LogP contribution is 2.32. The Hall–Kier alpha value is -2.60. The first-order valence-corrected chi connectivity index (χ1v) is 10.5. The van der Waals surface area contributed by atoms with Gasteiger partial charge in [0.2, 0.25) is 5.91 Å². The number of rotatable bonds is 6. The number of carbonyl (C=O) groups excluding carboxylic acids is 1. The van der Waals surface area contributed by atoms with Gasteiger partial charge in [0.15, 0.2) is 11.5 Å². The molecule has 1 aromatic heterocycles. The van der Waals surface area contributed by atoms with E-state index < -0.39 is 0 Å². The van der Waals surface area contributed by atoms with Crippen LogP contribution in [0, 0.1) is 5.92 Å². The molecule has 29 heavy (non-hydrogen) atoms. The van der Waals surface area contributed by atoms with E-state index in [-0.39, 0.29) is 17.9 Å². The Balaban J connectivity index is 1.24. The normalized spacial score (nSPS) is 18.2. The summed E-state index contributed by atoms with van der Waals surface area (Å²) in [6.07, 6.45) is 4.61. The second-order valence-corrected chi connectivity index (χ2v) is 7.82. The molecule has 1 amide bonds. The Bertz CT molecular complexity index is 819. The van der Waals surface area contributed by atoms with Crippen molar-refractivity contribution >= 4 is 5.91 Å². The van der Waals surface area contributed by atoms with Crippen molar-refractivity contribution in [3.05, 3.63) is 53.9 Å². The number of hydrogen-bond donors (Lipinski definition) is 1. The van der Waals surface area contributed by atoms with E-state index >= 15 is 0 Å². The zero-order valence-corrected chi connectivity index (χ0v) is 17.0. The van der Waals surface area contributed by atoms with Crippen molar-refractivity contribution in [3.8, 4) is 11.5 Å². The lowest BCUT2D eigenvalue weighted by Crippen LogP contribution is -2.41. The summed E-state index contributed by atoms with van der Waals surface area (Å²) in [7, 11) is 0. The molecule has 0 unspecified atom stereocenters. The van der Waals surface area contributed by atoms with E-state index in [0.717, 1.165) is 61.7 Å². The van der Waals surface area contributed by atoms with Crippen LogP contribution in [0.5, 0.6) is 11.5 Å². The number of likely N-dealkylation sites (tertiary alicyclic amines) is 1. The minimum absolute atomic E-state index is 0.0551. The lowest BCUT2D eigenvalue weighted by Gasteiger charge is -2.32. The first kappa shape index (κ1) is 19.7. The van der Waals surface area contributed by atoms with Gasteiger partial charge < -0.3 is 19.7 Å². The van der Waals surface area contributed by atoms with Gasteiger partial charge in [0.05, 0.1) is 6.04 Å². The van der Waals surface area contributed by atoms with Gasteiger partial charge in [-0.25, -0.2) is 0 Å². The number of aromatic nitrogens is 1. The Morgan fingerprint density at radius 2 is 1.97 bits per heavy atom. The van der Waals surface area contributed by atoms with Crippen molar-refractivity contribution in [1.29, 1.82) is 0 Å². The smallest absolute Gasteiger partial charge is 0.223 e. The highest BCUT2D eigenvalue weighted by Gasteiger charge is 2.26. The first-order chi connectivity index (χ1) is 14.2. The van der Waals surface area contributed by atoms with E-state index in [1.54, 1.807) is 0 Å². The van der Waals surface area contributed by atoms with Gasteiger partial charge in [-0.2, -0.15) is 0 Å². The molecule has 0 spiro atoms. The number of ether oxygens (including phenoxy) is 2. The summed E-state index contributed by atoms with van der Waals surface area (Å²) in [5.74, 6) is 1.77. The van der Waals surface area contributed by atoms with Crippen molar-refractivity contribution in [1.82, 2.24) is 15.2 Å². The SMILES string of the molecule is C[C@@H](NC(=O)C1CCN(CCc2ccccn2)CC1)c1ccc2c(c1)OCCO2. The number of pyridine rings is 1. The summed E-state index contributed by atoms with van der Waals surface area (Å²) in [4.78, 5) is 19.6. The van der Waals surface area contributed by atoms with E-state index in [1.807, 2.05) is 43.5 Å². The molecule has 2 aliphatic rings. The van der Waals surface area contributed by atoms with Crippen molar-refractivity contribution in [2.45, 2.75) is 32.2 Å². The highest BCUT2D eigenvalue weighted by atomic mass is 16.6. The highest BCUT2D eigenvalue weighted by molar-refractivity contribution is 5.79. The molecule has 2 aliphatic heterocycles. The topological polar surface area (TPSA) is 63.7 Å². The lowest BCUT2D eigenvalue weighted by atomic mass is 9.95. The average Bonchev–Trinajstić information content (AvgIpc) is 2.78. The van der Waals surface area contributed by atoms with Crippen molar-refractivity contribution in [2.24, 2.45) is 5.92 Å². The predicted molar refractivity (Wildman–Crippen MR) is 111 cm³/mol. The molecular weight excluding hydrogens is 366 g/mol. The van der Waals surface area contributed by atoms with Crippen molar-refractivity contribution in [2.75, 3.05) is 32.8 Å². The Kier molecular flexibility index (Phi) is 6.30. The standard InChI is InChI=1S/C23H29N3O3/c1-17(19-5-6-21-22(16-19)29-15-14-28-21)25-23(27)18-7-11-26(12-8-18)13-9-20-4-2-3-10-24-20/h2-6,10,16-18H,7-9,11-15H2,1H3,(H,25,27)/t17-/m1/s1. The average molecular weight is 396 g/mol. The second kappa shape index (κ2) is 9.27. The van der Waals surface area contributed by atoms with Crippen LogP contribution >= 0.6 is 0 Å². The second-order valence-electron chi connectivity index (χ2n) is 7.82. The molecule has 4 rings (SSSR count). The maximum Gasteiger partial charge on any atom is 0.223 e. The van der Waals surface area contributed by atoms with Crippen molar-refractivity contribution < 1.29 is 14.3 Å². The molecule has 1 aromatic carbocycles. The number of benzene rings is 1. The predicted octanol–water partition coefficient (Wildman–Crippen LogP) is 2.98. The largest absolute Gasteiger partial charge is 0.486 e. The molecule has 0 radical (unpaired) electrons. The summed E-state index contributed by atoms with van der Waals surface area (Å²) in [6.45, 7) is 6.09. The van der Waals surface area contributed by atoms with Gasteiger partial charge in [0.1, 0.15) is 13.2 Å². The van der Waals surface area contributed by atoms with Gasteiger partial charge in [-0.3, -0.25) is 9.78 Å². The zero-order chi connectivity index (χ0) is 20.1. The summed E-state index contributed by atoms with van der Waals surface area (Å²) < 4.78 is 11.2. The number of fused-ring (bicyclic) bond motifs is 1. The fourth-order valence-electron chi connectivity index (χ4n) is 3.98. The maximum absolute atomic E-state index is 12.8. The Morgan fingerprint density at radius 1 is 1.17 bits per heavy atom. The molecule has 1 fully saturated rings. The number of hydrogen-bond acceptors (Lipinski definition) is 5. The van der Waals surface area contributed by atoms with Gasteiger partial charge in [-0.15, -0.1) is 0 Å². The molecule has 1 N–H and O–H groups in total. The minimum atomic E-state index is -0.0551. The summed E-state index contributed by atoms with van der Waals surface area (Å²) in [5, 5.41) is 3.18. The minimum Gasteiger partial charge on any atom is -0.486 e. The van der Waals surface area contributed by atoms with Crippen LogP contribution in [-0.4, -0.2) is 48.6 Å². The van der Waals surface area contributed by atoms with E-state index in [9.17, 15) is 4.79 Å². The zero-order valence-electron chi connectivity index (χ0n) is 17.0. The number of amides is 1. The van der Waals surface area contributed by atoms with Gasteiger partial charge in [-0.05, 0) is 62.7 Å². The van der Waals surface area contributed by atoms with Gasteiger partial charge in [-0.1, -0.05) is 12.1 Å². The molecule has 0 saturated carbocycles. The molecule has 1 atom stereocenters. The van der Waals surface area contributed by atoms with E-state index in [1.165, 1.54) is 0 Å². The quantitative estimate of drug-likeness (QED) is 0.815. The van der Waals surface area contributed by atoms with Crippen LogP contribution in [0.15, 0.2) is 42.6 Å². The van der Waals surface area contributed by atoms with E-state index in [4.69, 9.17) is 9.47 Å². The van der Waals surface area contributed by atoms with Crippen molar-refractivity contribution in [3.63, 3.8) is 0 Å². The van der Waals surface area contributed by atoms with Gasteiger partial charge in [0.25, 0.3) is 0 Å². The van der Waals surface area contributed by atoms with Crippen LogP contribution in [0.3, 0.4) is 0 Å². The number of carbonyl (C=O) groups is 1. The third-order valence-electron chi connectivity index (χ3n) is 5.79. The molecular formula is C23H29N3O3. The fourth-order valence-corrected chi connectivity index (χ4v) is 3.98. The molecule has 6 heteroatoms. The first-order valence-electron chi connectivity index (χ1n) is 10.5. The molecule has 6 nitrogen and oxygen atoms in total. The Morgan fingerprint density at radius 3 is 2.72 bits per heavy atom. The molecule has 0 aliphatic carbocycles. The molecule has 3 heterocycles. The Labute approximate surface area is 172 Å². The van der Waals surface area contributed by atoms with Gasteiger partial charge in [0, 0.05) is 30.8 Å².